The highest BCUT2D eigenvalue weighted by Gasteiger charge is 2.32. The predicted octanol–water partition coefficient (Wildman–Crippen LogP) is 5.59. The number of hydrogen-bond donors (Lipinski definition) is 0. The van der Waals surface area contributed by atoms with E-state index in [0.717, 1.165) is 36.8 Å². The molecule has 0 unspecified atom stereocenters. The Morgan fingerprint density at radius 1 is 0.964 bits per heavy atom. The van der Waals surface area contributed by atoms with E-state index in [0.29, 0.717) is 17.9 Å². The molecular formula is C22H21F3N2O. The molecule has 1 saturated heterocycles. The summed E-state index contributed by atoms with van der Waals surface area (Å²) < 4.78 is 42.1. The molecule has 0 radical (unpaired) electrons. The Bertz CT molecular complexity index is 944. The minimum atomic E-state index is -4.66. The van der Waals surface area contributed by atoms with Crippen molar-refractivity contribution in [1.82, 2.24) is 4.98 Å². The van der Waals surface area contributed by atoms with E-state index in [-0.39, 0.29) is 5.75 Å². The van der Waals surface area contributed by atoms with Gasteiger partial charge in [-0.25, -0.2) is 0 Å². The summed E-state index contributed by atoms with van der Waals surface area (Å²) in [5.41, 5.74) is 2.76. The fourth-order valence-corrected chi connectivity index (χ4v) is 3.94. The third-order valence-corrected chi connectivity index (χ3v) is 5.29. The molecule has 0 amide bonds. The van der Waals surface area contributed by atoms with Crippen LogP contribution in [0, 0.1) is 5.92 Å². The first-order valence-electron chi connectivity index (χ1n) is 9.42. The average Bonchev–Trinajstić information content (AvgIpc) is 2.69. The zero-order chi connectivity index (χ0) is 19.6. The fourth-order valence-electron chi connectivity index (χ4n) is 3.94. The van der Waals surface area contributed by atoms with E-state index in [2.05, 4.69) is 20.7 Å². The number of ether oxygens (including phenoxy) is 1. The van der Waals surface area contributed by atoms with E-state index < -0.39 is 6.36 Å². The third kappa shape index (κ3) is 4.21. The van der Waals surface area contributed by atoms with E-state index in [1.54, 1.807) is 18.2 Å². The minimum absolute atomic E-state index is 0.0856. The van der Waals surface area contributed by atoms with Gasteiger partial charge in [-0.2, -0.15) is 0 Å². The van der Waals surface area contributed by atoms with E-state index in [1.807, 2.05) is 30.5 Å². The van der Waals surface area contributed by atoms with Crippen LogP contribution < -0.4 is 9.64 Å². The van der Waals surface area contributed by atoms with Crippen molar-refractivity contribution in [2.75, 3.05) is 18.0 Å². The molecule has 1 fully saturated rings. The number of rotatable bonds is 4. The van der Waals surface area contributed by atoms with Crippen molar-refractivity contribution in [1.29, 1.82) is 0 Å². The van der Waals surface area contributed by atoms with Gasteiger partial charge in [-0.1, -0.05) is 36.4 Å². The Hall–Kier alpha value is -2.76. The zero-order valence-corrected chi connectivity index (χ0v) is 15.3. The van der Waals surface area contributed by atoms with E-state index in [9.17, 15) is 13.2 Å². The van der Waals surface area contributed by atoms with E-state index >= 15 is 0 Å². The molecule has 2 heterocycles. The predicted molar refractivity (Wildman–Crippen MR) is 104 cm³/mol. The summed E-state index contributed by atoms with van der Waals surface area (Å²) in [5.74, 6) is 0.250. The summed E-state index contributed by atoms with van der Waals surface area (Å²) in [6.45, 7) is 1.75. The number of aromatic nitrogens is 1. The summed E-state index contributed by atoms with van der Waals surface area (Å²) in [5, 5.41) is 1.13. The van der Waals surface area contributed by atoms with Gasteiger partial charge in [-0.05, 0) is 48.9 Å². The smallest absolute Gasteiger partial charge is 0.406 e. The van der Waals surface area contributed by atoms with Crippen LogP contribution in [0.4, 0.5) is 18.9 Å². The molecule has 1 aromatic heterocycles. The van der Waals surface area contributed by atoms with Gasteiger partial charge in [0.1, 0.15) is 5.75 Å². The number of hydrogen-bond acceptors (Lipinski definition) is 3. The number of benzene rings is 2. The molecule has 3 nitrogen and oxygen atoms in total. The maximum Gasteiger partial charge on any atom is 0.573 e. The number of alkyl halides is 3. The van der Waals surface area contributed by atoms with Crippen LogP contribution in [0.5, 0.6) is 5.75 Å². The molecule has 6 heteroatoms. The van der Waals surface area contributed by atoms with Crippen LogP contribution in [0.15, 0.2) is 60.8 Å². The molecule has 1 aliphatic rings. The highest BCUT2D eigenvalue weighted by atomic mass is 19.4. The first-order valence-corrected chi connectivity index (χ1v) is 9.42. The minimum Gasteiger partial charge on any atom is -0.406 e. The number of fused-ring (bicyclic) bond motifs is 1. The van der Waals surface area contributed by atoms with Crippen molar-refractivity contribution in [2.24, 2.45) is 5.92 Å². The lowest BCUT2D eigenvalue weighted by Gasteiger charge is -2.34. The van der Waals surface area contributed by atoms with Crippen LogP contribution in [-0.4, -0.2) is 24.4 Å². The van der Waals surface area contributed by atoms with Crippen molar-refractivity contribution < 1.29 is 17.9 Å². The second-order valence-corrected chi connectivity index (χ2v) is 7.14. The Kier molecular flexibility index (Phi) is 5.11. The third-order valence-electron chi connectivity index (χ3n) is 5.29. The van der Waals surface area contributed by atoms with Gasteiger partial charge in [0.2, 0.25) is 0 Å². The Morgan fingerprint density at radius 2 is 1.68 bits per heavy atom. The summed E-state index contributed by atoms with van der Waals surface area (Å²) in [4.78, 5) is 6.76. The molecular weight excluding hydrogens is 365 g/mol. The largest absolute Gasteiger partial charge is 0.573 e. The van der Waals surface area contributed by atoms with Crippen LogP contribution in [0.25, 0.3) is 10.9 Å². The molecule has 146 valence electrons. The van der Waals surface area contributed by atoms with Crippen molar-refractivity contribution in [3.8, 4) is 5.75 Å². The topological polar surface area (TPSA) is 25.4 Å². The number of piperidine rings is 1. The molecule has 2 aromatic carbocycles. The maximum atomic E-state index is 12.6. The van der Waals surface area contributed by atoms with E-state index in [1.165, 1.54) is 11.8 Å². The average molecular weight is 386 g/mol. The normalized spacial score (nSPS) is 15.8. The summed E-state index contributed by atoms with van der Waals surface area (Å²) in [7, 11) is 0. The van der Waals surface area contributed by atoms with Crippen LogP contribution >= 0.6 is 0 Å². The molecule has 0 saturated carbocycles. The number of para-hydroxylation sites is 2. The van der Waals surface area contributed by atoms with Crippen LogP contribution in [-0.2, 0) is 6.42 Å². The lowest BCUT2D eigenvalue weighted by Crippen LogP contribution is -2.34. The molecule has 1 aliphatic heterocycles. The maximum absolute atomic E-state index is 12.6. The van der Waals surface area contributed by atoms with E-state index in [4.69, 9.17) is 0 Å². The Morgan fingerprint density at radius 3 is 2.46 bits per heavy atom. The number of pyridine rings is 1. The lowest BCUT2D eigenvalue weighted by molar-refractivity contribution is -0.274. The molecule has 0 atom stereocenters. The number of halogens is 3. The quantitative estimate of drug-likeness (QED) is 0.584. The van der Waals surface area contributed by atoms with Gasteiger partial charge in [0.05, 0.1) is 5.52 Å². The van der Waals surface area contributed by atoms with Gasteiger partial charge in [0.25, 0.3) is 0 Å². The SMILES string of the molecule is FC(F)(F)Oc1ccccc1CC1CCN(c2ccnc3ccccc23)CC1. The van der Waals surface area contributed by atoms with Crippen molar-refractivity contribution in [2.45, 2.75) is 25.6 Å². The van der Waals surface area contributed by atoms with Gasteiger partial charge in [0.15, 0.2) is 0 Å². The Balaban J connectivity index is 1.44. The molecule has 4 rings (SSSR count). The first kappa shape index (κ1) is 18.6. The molecule has 28 heavy (non-hydrogen) atoms. The molecule has 0 spiro atoms. The second-order valence-electron chi connectivity index (χ2n) is 7.14. The monoisotopic (exact) mass is 386 g/mol. The van der Waals surface area contributed by atoms with Crippen LogP contribution in [0.2, 0.25) is 0 Å². The van der Waals surface area contributed by atoms with Gasteiger partial charge in [-0.3, -0.25) is 4.98 Å². The molecule has 0 aliphatic carbocycles. The summed E-state index contributed by atoms with van der Waals surface area (Å²) >= 11 is 0. The van der Waals surface area contributed by atoms with Gasteiger partial charge < -0.3 is 9.64 Å². The highest BCUT2D eigenvalue weighted by Crippen LogP contribution is 2.33. The van der Waals surface area contributed by atoms with Crippen molar-refractivity contribution >= 4 is 16.6 Å². The lowest BCUT2D eigenvalue weighted by atomic mass is 9.89. The first-order chi connectivity index (χ1) is 13.5. The molecule has 0 bridgehead atoms. The van der Waals surface area contributed by atoms with Crippen LogP contribution in [0.1, 0.15) is 18.4 Å². The summed E-state index contributed by atoms with van der Waals surface area (Å²) in [6, 6.07) is 16.6. The fraction of sp³-hybridized carbons (Fsp3) is 0.318. The number of nitrogens with zero attached hydrogens (tertiary/aromatic N) is 2. The van der Waals surface area contributed by atoms with Gasteiger partial charge in [-0.15, -0.1) is 13.2 Å². The standard InChI is InChI=1S/C22H21F3N2O/c23-22(24,25)28-21-8-4-1-5-17(21)15-16-10-13-27(14-11-16)20-9-12-26-19-7-3-2-6-18(19)20/h1-9,12,16H,10-11,13-15H2. The number of anilines is 1. The molecule has 0 N–H and O–H groups in total. The van der Waals surface area contributed by atoms with Gasteiger partial charge >= 0.3 is 6.36 Å². The van der Waals surface area contributed by atoms with Crippen molar-refractivity contribution in [3.63, 3.8) is 0 Å². The zero-order valence-electron chi connectivity index (χ0n) is 15.3. The van der Waals surface area contributed by atoms with Crippen LogP contribution in [0.3, 0.4) is 0 Å². The van der Waals surface area contributed by atoms with Crippen molar-refractivity contribution in [3.05, 3.63) is 66.4 Å². The highest BCUT2D eigenvalue weighted by molar-refractivity contribution is 5.91. The summed E-state index contributed by atoms with van der Waals surface area (Å²) in [6.07, 6.45) is -0.387. The second kappa shape index (κ2) is 7.70. The molecule has 3 aromatic rings. The van der Waals surface area contributed by atoms with Gasteiger partial charge in [0, 0.05) is 30.4 Å². The Labute approximate surface area is 161 Å².